The molecule has 0 spiro atoms. The van der Waals surface area contributed by atoms with Crippen molar-refractivity contribution in [2.45, 2.75) is 46.0 Å². The molecule has 0 amide bonds. The number of nitrogens with zero attached hydrogens (tertiary/aromatic N) is 1. The molecule has 1 aromatic heterocycles. The Morgan fingerprint density at radius 2 is 2.11 bits per heavy atom. The Hall–Kier alpha value is -2.07. The molecule has 1 aliphatic heterocycles. The number of hydrogen-bond acceptors (Lipinski definition) is 3. The van der Waals surface area contributed by atoms with Crippen LogP contribution in [0.4, 0.5) is 0 Å². The Morgan fingerprint density at radius 1 is 1.41 bits per heavy atom. The van der Waals surface area contributed by atoms with Crippen LogP contribution in [0.2, 0.25) is 0 Å². The number of aliphatic carboxylic acids is 1. The number of furan rings is 1. The fourth-order valence-electron chi connectivity index (χ4n) is 3.88. The van der Waals surface area contributed by atoms with Crippen molar-refractivity contribution >= 4 is 16.9 Å². The Morgan fingerprint density at radius 3 is 2.70 bits per heavy atom. The predicted molar refractivity (Wildman–Crippen MR) is 111 cm³/mol. The first kappa shape index (κ1) is 21.2. The van der Waals surface area contributed by atoms with Gasteiger partial charge in [0.1, 0.15) is 11.3 Å². The summed E-state index contributed by atoms with van der Waals surface area (Å²) in [5.41, 5.74) is 2.46. The summed E-state index contributed by atoms with van der Waals surface area (Å²) in [5, 5.41) is 8.86. The molecule has 1 aliphatic rings. The lowest BCUT2D eigenvalue weighted by Crippen LogP contribution is -2.36. The van der Waals surface area contributed by atoms with Gasteiger partial charge in [-0.25, -0.2) is 4.79 Å². The SMILES string of the molecule is C=CC(=O)O.CCC1CN(C)CCC1c1cc2ccc(CC(C)C)cc2o1. The fourth-order valence-corrected chi connectivity index (χ4v) is 3.88. The number of carboxylic acid groups (broad SMARTS) is 1. The summed E-state index contributed by atoms with van der Waals surface area (Å²) in [4.78, 5) is 11.7. The molecule has 4 nitrogen and oxygen atoms in total. The van der Waals surface area contributed by atoms with E-state index in [1.54, 1.807) is 0 Å². The van der Waals surface area contributed by atoms with E-state index in [4.69, 9.17) is 9.52 Å². The third-order valence-electron chi connectivity index (χ3n) is 5.25. The third kappa shape index (κ3) is 5.96. The molecule has 148 valence electrons. The normalized spacial score (nSPS) is 20.3. The molecular formula is C23H33NO3. The second-order valence-electron chi connectivity index (χ2n) is 7.99. The van der Waals surface area contributed by atoms with Crippen LogP contribution in [0.1, 0.15) is 50.9 Å². The van der Waals surface area contributed by atoms with Crippen molar-refractivity contribution in [1.29, 1.82) is 0 Å². The summed E-state index contributed by atoms with van der Waals surface area (Å²) in [5.74, 6) is 2.21. The topological polar surface area (TPSA) is 53.7 Å². The summed E-state index contributed by atoms with van der Waals surface area (Å²) >= 11 is 0. The number of carboxylic acids is 1. The second kappa shape index (κ2) is 9.75. The molecular weight excluding hydrogens is 338 g/mol. The van der Waals surface area contributed by atoms with Crippen molar-refractivity contribution in [1.82, 2.24) is 4.90 Å². The number of piperidine rings is 1. The third-order valence-corrected chi connectivity index (χ3v) is 5.25. The van der Waals surface area contributed by atoms with E-state index in [-0.39, 0.29) is 0 Å². The molecule has 2 heterocycles. The van der Waals surface area contributed by atoms with E-state index in [1.165, 1.54) is 42.6 Å². The Balaban J connectivity index is 0.000000465. The van der Waals surface area contributed by atoms with Crippen LogP contribution in [0.25, 0.3) is 11.0 Å². The first-order valence-electron chi connectivity index (χ1n) is 9.90. The molecule has 2 unspecified atom stereocenters. The number of rotatable bonds is 5. The van der Waals surface area contributed by atoms with Crippen molar-refractivity contribution in [3.05, 3.63) is 48.2 Å². The molecule has 4 heteroatoms. The van der Waals surface area contributed by atoms with Crippen molar-refractivity contribution < 1.29 is 14.3 Å². The van der Waals surface area contributed by atoms with Gasteiger partial charge < -0.3 is 14.4 Å². The zero-order valence-corrected chi connectivity index (χ0v) is 17.1. The summed E-state index contributed by atoms with van der Waals surface area (Å²) in [6.45, 7) is 12.2. The van der Waals surface area contributed by atoms with Gasteiger partial charge in [-0.15, -0.1) is 0 Å². The predicted octanol–water partition coefficient (Wildman–Crippen LogP) is 5.33. The maximum atomic E-state index is 9.25. The molecule has 2 atom stereocenters. The number of hydrogen-bond donors (Lipinski definition) is 1. The van der Waals surface area contributed by atoms with Crippen molar-refractivity contribution in [3.63, 3.8) is 0 Å². The Bertz CT molecular complexity index is 762. The highest BCUT2D eigenvalue weighted by Gasteiger charge is 2.30. The van der Waals surface area contributed by atoms with Gasteiger partial charge in [0.25, 0.3) is 0 Å². The Labute approximate surface area is 162 Å². The smallest absolute Gasteiger partial charge is 0.327 e. The van der Waals surface area contributed by atoms with E-state index >= 15 is 0 Å². The van der Waals surface area contributed by atoms with Crippen molar-refractivity contribution in [2.75, 3.05) is 20.1 Å². The van der Waals surface area contributed by atoms with Gasteiger partial charge in [-0.2, -0.15) is 0 Å². The minimum Gasteiger partial charge on any atom is -0.478 e. The van der Waals surface area contributed by atoms with E-state index in [9.17, 15) is 4.79 Å². The maximum Gasteiger partial charge on any atom is 0.327 e. The highest BCUT2D eigenvalue weighted by Crippen LogP contribution is 2.37. The summed E-state index contributed by atoms with van der Waals surface area (Å²) in [7, 11) is 2.23. The van der Waals surface area contributed by atoms with Gasteiger partial charge in [-0.05, 0) is 56.0 Å². The minimum atomic E-state index is -0.981. The molecule has 1 saturated heterocycles. The van der Waals surface area contributed by atoms with E-state index < -0.39 is 5.97 Å². The highest BCUT2D eigenvalue weighted by molar-refractivity contribution is 5.79. The van der Waals surface area contributed by atoms with Crippen LogP contribution >= 0.6 is 0 Å². The molecule has 1 aromatic carbocycles. The zero-order valence-electron chi connectivity index (χ0n) is 17.1. The lowest BCUT2D eigenvalue weighted by atomic mass is 9.82. The largest absolute Gasteiger partial charge is 0.478 e. The highest BCUT2D eigenvalue weighted by atomic mass is 16.4. The standard InChI is InChI=1S/C20H29NO.C3H4O2/c1-5-16-13-21(4)9-8-18(16)20-12-17-7-6-15(10-14(2)3)11-19(17)22-20;1-2-3(4)5/h6-7,11-12,14,16,18H,5,8-10,13H2,1-4H3;2H,1H2,(H,4,5). The fraction of sp³-hybridized carbons (Fsp3) is 0.522. The number of carbonyl (C=O) groups is 1. The minimum absolute atomic E-state index is 0.585. The second-order valence-corrected chi connectivity index (χ2v) is 7.99. The summed E-state index contributed by atoms with van der Waals surface area (Å²) in [6, 6.07) is 9.02. The molecule has 27 heavy (non-hydrogen) atoms. The van der Waals surface area contributed by atoms with Gasteiger partial charge in [0.15, 0.2) is 0 Å². The van der Waals surface area contributed by atoms with Gasteiger partial charge in [-0.1, -0.05) is 45.9 Å². The number of fused-ring (bicyclic) bond motifs is 1. The van der Waals surface area contributed by atoms with Crippen molar-refractivity contribution in [2.24, 2.45) is 11.8 Å². The van der Waals surface area contributed by atoms with E-state index in [0.29, 0.717) is 11.8 Å². The molecule has 0 radical (unpaired) electrons. The van der Waals surface area contributed by atoms with Crippen LogP contribution in [0.15, 0.2) is 41.3 Å². The van der Waals surface area contributed by atoms with Gasteiger partial charge in [0.2, 0.25) is 0 Å². The molecule has 0 saturated carbocycles. The van der Waals surface area contributed by atoms with Gasteiger partial charge >= 0.3 is 5.97 Å². The quantitative estimate of drug-likeness (QED) is 0.721. The number of benzene rings is 1. The van der Waals surface area contributed by atoms with Gasteiger partial charge in [-0.3, -0.25) is 0 Å². The lowest BCUT2D eigenvalue weighted by molar-refractivity contribution is -0.131. The van der Waals surface area contributed by atoms with Crippen LogP contribution < -0.4 is 0 Å². The number of likely N-dealkylation sites (tertiary alicyclic amines) is 1. The first-order valence-corrected chi connectivity index (χ1v) is 9.90. The van der Waals surface area contributed by atoms with Crippen LogP contribution in [-0.4, -0.2) is 36.1 Å². The molecule has 0 bridgehead atoms. The zero-order chi connectivity index (χ0) is 20.0. The molecule has 1 fully saturated rings. The lowest BCUT2D eigenvalue weighted by Gasteiger charge is -2.35. The van der Waals surface area contributed by atoms with Crippen LogP contribution in [0, 0.1) is 11.8 Å². The van der Waals surface area contributed by atoms with E-state index in [1.807, 2.05) is 0 Å². The van der Waals surface area contributed by atoms with E-state index in [2.05, 4.69) is 63.6 Å². The van der Waals surface area contributed by atoms with Gasteiger partial charge in [0, 0.05) is 23.9 Å². The van der Waals surface area contributed by atoms with Crippen LogP contribution in [0.3, 0.4) is 0 Å². The van der Waals surface area contributed by atoms with E-state index in [0.717, 1.165) is 24.0 Å². The Kier molecular flexibility index (Phi) is 7.66. The molecule has 2 aromatic rings. The average Bonchev–Trinajstić information content (AvgIpc) is 3.04. The monoisotopic (exact) mass is 371 g/mol. The maximum absolute atomic E-state index is 9.25. The molecule has 1 N–H and O–H groups in total. The summed E-state index contributed by atoms with van der Waals surface area (Å²) < 4.78 is 6.28. The average molecular weight is 372 g/mol. The first-order chi connectivity index (χ1) is 12.8. The molecule has 3 rings (SSSR count). The molecule has 0 aliphatic carbocycles. The van der Waals surface area contributed by atoms with Crippen molar-refractivity contribution in [3.8, 4) is 0 Å². The summed E-state index contributed by atoms with van der Waals surface area (Å²) in [6.07, 6.45) is 4.40. The van der Waals surface area contributed by atoms with Crippen LogP contribution in [0.5, 0.6) is 0 Å². The van der Waals surface area contributed by atoms with Crippen LogP contribution in [-0.2, 0) is 11.2 Å². The van der Waals surface area contributed by atoms with Gasteiger partial charge in [0.05, 0.1) is 0 Å².